The number of rotatable bonds is 5. The molecule has 27 heavy (non-hydrogen) atoms. The molecule has 1 aliphatic rings. The molecule has 0 saturated carbocycles. The van der Waals surface area contributed by atoms with Crippen molar-refractivity contribution in [2.24, 2.45) is 5.92 Å². The minimum atomic E-state index is -4.60. The van der Waals surface area contributed by atoms with Gasteiger partial charge in [0.25, 0.3) is 0 Å². The fourth-order valence-corrected chi connectivity index (χ4v) is 3.33. The fourth-order valence-electron chi connectivity index (χ4n) is 2.98. The van der Waals surface area contributed by atoms with Gasteiger partial charge in [-0.1, -0.05) is 0 Å². The van der Waals surface area contributed by atoms with Crippen molar-refractivity contribution in [3.05, 3.63) is 29.0 Å². The minimum absolute atomic E-state index is 0.0495. The number of aromatic nitrogens is 1. The molecule has 0 aliphatic heterocycles. The molecular weight excluding hydrogens is 380 g/mol. The number of anilines is 1. The van der Waals surface area contributed by atoms with Crippen molar-refractivity contribution in [1.29, 1.82) is 0 Å². The molecule has 5 nitrogen and oxygen atoms in total. The van der Waals surface area contributed by atoms with Crippen molar-refractivity contribution >= 4 is 31.9 Å². The largest absolute Gasteiger partial charge is 0.465 e. The maximum absolute atomic E-state index is 13.6. The molecule has 0 bridgehead atoms. The molecule has 148 valence electrons. The van der Waals surface area contributed by atoms with Crippen molar-refractivity contribution in [3.63, 3.8) is 0 Å². The van der Waals surface area contributed by atoms with Gasteiger partial charge in [0.1, 0.15) is 11.7 Å². The van der Waals surface area contributed by atoms with Crippen LogP contribution in [0.15, 0.2) is 12.1 Å². The Bertz CT molecular complexity index is 778. The molecule has 0 radical (unpaired) electrons. The van der Waals surface area contributed by atoms with Crippen LogP contribution in [-0.2, 0) is 20.5 Å². The van der Waals surface area contributed by atoms with Crippen molar-refractivity contribution in [1.82, 2.24) is 4.98 Å². The van der Waals surface area contributed by atoms with Gasteiger partial charge >= 0.3 is 12.1 Å². The summed E-state index contributed by atoms with van der Waals surface area (Å²) in [6.45, 7) is 5.05. The first-order chi connectivity index (χ1) is 12.6. The van der Waals surface area contributed by atoms with Crippen LogP contribution < -0.4 is 4.67 Å². The Morgan fingerprint density at radius 1 is 1.44 bits per heavy atom. The Balaban J connectivity index is 2.53. The van der Waals surface area contributed by atoms with Gasteiger partial charge in [-0.2, -0.15) is 13.2 Å². The van der Waals surface area contributed by atoms with Crippen molar-refractivity contribution in [2.45, 2.75) is 32.9 Å². The number of halogens is 3. The van der Waals surface area contributed by atoms with E-state index in [2.05, 4.69) is 4.98 Å². The molecule has 1 aliphatic carbocycles. The smallest absolute Gasteiger partial charge is 0.418 e. The van der Waals surface area contributed by atoms with E-state index in [0.717, 1.165) is 6.08 Å². The van der Waals surface area contributed by atoms with Crippen LogP contribution in [0.2, 0.25) is 0 Å². The molecule has 9 heteroatoms. The molecule has 0 fully saturated rings. The van der Waals surface area contributed by atoms with Crippen LogP contribution in [0.25, 0.3) is 5.57 Å². The zero-order valence-electron chi connectivity index (χ0n) is 15.6. The van der Waals surface area contributed by atoms with Gasteiger partial charge in [0, 0.05) is 7.05 Å². The molecular formula is C18H22F3N2O3P. The van der Waals surface area contributed by atoms with Gasteiger partial charge < -0.3 is 9.41 Å². The van der Waals surface area contributed by atoms with E-state index in [9.17, 15) is 22.8 Å². The summed E-state index contributed by atoms with van der Waals surface area (Å²) < 4.78 is 47.5. The number of carbonyl (C=O) groups excluding carboxylic acids is 2. The Kier molecular flexibility index (Phi) is 6.63. The molecule has 0 saturated heterocycles. The molecule has 1 aromatic heterocycles. The van der Waals surface area contributed by atoms with Crippen LogP contribution in [-0.4, -0.2) is 37.1 Å². The van der Waals surface area contributed by atoms with Crippen molar-refractivity contribution in [3.8, 4) is 0 Å². The molecule has 0 aromatic carbocycles. The van der Waals surface area contributed by atoms with Crippen LogP contribution in [0.4, 0.5) is 19.0 Å². The lowest BCUT2D eigenvalue weighted by molar-refractivity contribution is -0.151. The van der Waals surface area contributed by atoms with E-state index in [1.165, 1.54) is 13.0 Å². The predicted molar refractivity (Wildman–Crippen MR) is 99.0 cm³/mol. The molecule has 0 N–H and O–H groups in total. The topological polar surface area (TPSA) is 59.5 Å². The number of ether oxygens (including phenoxy) is 1. The van der Waals surface area contributed by atoms with E-state index in [1.54, 1.807) is 18.6 Å². The summed E-state index contributed by atoms with van der Waals surface area (Å²) in [4.78, 5) is 28.4. The minimum Gasteiger partial charge on any atom is -0.465 e. The number of hydrogen-bond acceptors (Lipinski definition) is 5. The van der Waals surface area contributed by atoms with Gasteiger partial charge in [0.05, 0.1) is 17.9 Å². The maximum atomic E-state index is 13.6. The van der Waals surface area contributed by atoms with Crippen LogP contribution in [0.1, 0.15) is 36.6 Å². The SMILES string of the molecule is CCOC(=O)C1CCC(c2nc(N(C)PC)cc(C)c2C(F)(F)F)=CC1=O. The highest BCUT2D eigenvalue weighted by Gasteiger charge is 2.39. The first-order valence-electron chi connectivity index (χ1n) is 8.51. The van der Waals surface area contributed by atoms with Crippen molar-refractivity contribution < 1.29 is 27.5 Å². The third-order valence-corrected chi connectivity index (χ3v) is 5.30. The fraction of sp³-hybridized carbons (Fsp3) is 0.500. The van der Waals surface area contributed by atoms with Crippen LogP contribution in [0.5, 0.6) is 0 Å². The zero-order valence-corrected chi connectivity index (χ0v) is 16.6. The number of esters is 1. The van der Waals surface area contributed by atoms with Gasteiger partial charge in [-0.25, -0.2) is 4.98 Å². The lowest BCUT2D eigenvalue weighted by atomic mass is 9.85. The second-order valence-corrected chi connectivity index (χ2v) is 7.33. The normalized spacial score (nSPS) is 18.0. The standard InChI is InChI=1S/C18H22F3N2O3P/c1-5-26-17(25)12-7-6-11(9-13(12)24)16-15(18(19,20)21)10(2)8-14(22-16)23(3)27-4/h8-9,12,27H,5-7H2,1-4H3. The van der Waals surface area contributed by atoms with Gasteiger partial charge in [-0.3, -0.25) is 9.59 Å². The number of ketones is 1. The highest BCUT2D eigenvalue weighted by molar-refractivity contribution is 7.39. The molecule has 2 atom stereocenters. The van der Waals surface area contributed by atoms with Gasteiger partial charge in [0.15, 0.2) is 5.78 Å². The molecule has 1 heterocycles. The van der Waals surface area contributed by atoms with E-state index in [0.29, 0.717) is 14.5 Å². The monoisotopic (exact) mass is 402 g/mol. The van der Waals surface area contributed by atoms with Crippen LogP contribution in [0.3, 0.4) is 0 Å². The number of allylic oxidation sites excluding steroid dienone is 2. The Morgan fingerprint density at radius 3 is 2.63 bits per heavy atom. The molecule has 2 rings (SSSR count). The summed E-state index contributed by atoms with van der Waals surface area (Å²) in [6.07, 6.45) is -3.23. The lowest BCUT2D eigenvalue weighted by Gasteiger charge is -2.24. The second kappa shape index (κ2) is 8.38. The first kappa shape index (κ1) is 21.4. The summed E-state index contributed by atoms with van der Waals surface area (Å²) in [7, 11) is 2.07. The Morgan fingerprint density at radius 2 is 2.11 bits per heavy atom. The maximum Gasteiger partial charge on any atom is 0.418 e. The van der Waals surface area contributed by atoms with Crippen LogP contribution >= 0.6 is 8.73 Å². The summed E-state index contributed by atoms with van der Waals surface area (Å²) >= 11 is 0. The quantitative estimate of drug-likeness (QED) is 0.423. The van der Waals surface area contributed by atoms with Gasteiger partial charge in [-0.05, 0) is 65.4 Å². The first-order valence-corrected chi connectivity index (χ1v) is 9.96. The summed E-state index contributed by atoms with van der Waals surface area (Å²) in [5, 5.41) is 0. The third-order valence-electron chi connectivity index (χ3n) is 4.40. The van der Waals surface area contributed by atoms with Gasteiger partial charge in [0.2, 0.25) is 0 Å². The summed E-state index contributed by atoms with van der Waals surface area (Å²) in [5.74, 6) is -1.73. The van der Waals surface area contributed by atoms with Crippen LogP contribution in [0, 0.1) is 12.8 Å². The van der Waals surface area contributed by atoms with E-state index in [1.807, 2.05) is 6.66 Å². The number of aryl methyl sites for hydroxylation is 1. The number of alkyl halides is 3. The molecule has 0 spiro atoms. The number of carbonyl (C=O) groups is 2. The zero-order chi connectivity index (χ0) is 20.4. The average Bonchev–Trinajstić information content (AvgIpc) is 2.59. The lowest BCUT2D eigenvalue weighted by Crippen LogP contribution is -2.28. The number of hydrogen-bond donors (Lipinski definition) is 0. The number of pyridine rings is 1. The highest BCUT2D eigenvalue weighted by atomic mass is 31.1. The van der Waals surface area contributed by atoms with E-state index >= 15 is 0 Å². The predicted octanol–water partition coefficient (Wildman–Crippen LogP) is 3.99. The molecule has 1 aromatic rings. The van der Waals surface area contributed by atoms with Gasteiger partial charge in [-0.15, -0.1) is 0 Å². The van der Waals surface area contributed by atoms with E-state index in [-0.39, 0.29) is 36.3 Å². The second-order valence-electron chi connectivity index (χ2n) is 6.22. The average molecular weight is 402 g/mol. The highest BCUT2D eigenvalue weighted by Crippen LogP contribution is 2.41. The summed E-state index contributed by atoms with van der Waals surface area (Å²) in [6, 6.07) is 1.40. The molecule has 0 amide bonds. The van der Waals surface area contributed by atoms with E-state index < -0.39 is 29.4 Å². The van der Waals surface area contributed by atoms with Crippen molar-refractivity contribution in [2.75, 3.05) is 25.0 Å². The third kappa shape index (κ3) is 4.67. The Labute approximate surface area is 157 Å². The van der Waals surface area contributed by atoms with E-state index in [4.69, 9.17) is 4.74 Å². The Hall–Kier alpha value is -1.95. The summed E-state index contributed by atoms with van der Waals surface area (Å²) in [5.41, 5.74) is -0.829. The molecule has 2 unspecified atom stereocenters. The number of nitrogens with zero attached hydrogens (tertiary/aromatic N) is 2.